The molecule has 0 saturated carbocycles. The molecule has 0 aliphatic rings. The number of benzene rings is 1. The standard InChI is InChI=1S/C13H21BrN2/c1-11(2)16-8-4-7-15-10-12-5-3-6-13(14)9-12/h3,5-6,9,11,15-16H,4,7-8,10H2,1-2H3. The van der Waals surface area contributed by atoms with Crippen molar-refractivity contribution in [2.75, 3.05) is 13.1 Å². The number of nitrogens with one attached hydrogen (secondary N) is 2. The molecule has 2 nitrogen and oxygen atoms in total. The summed E-state index contributed by atoms with van der Waals surface area (Å²) in [6, 6.07) is 9.01. The van der Waals surface area contributed by atoms with Crippen molar-refractivity contribution >= 4 is 15.9 Å². The summed E-state index contributed by atoms with van der Waals surface area (Å²) in [6.07, 6.45) is 1.17. The topological polar surface area (TPSA) is 24.1 Å². The Morgan fingerprint density at radius 3 is 2.75 bits per heavy atom. The van der Waals surface area contributed by atoms with E-state index in [-0.39, 0.29) is 0 Å². The molecule has 0 saturated heterocycles. The van der Waals surface area contributed by atoms with Crippen LogP contribution < -0.4 is 10.6 Å². The number of rotatable bonds is 7. The third-order valence-electron chi connectivity index (χ3n) is 2.30. The van der Waals surface area contributed by atoms with Gasteiger partial charge in [-0.2, -0.15) is 0 Å². The Bertz CT molecular complexity index is 300. The van der Waals surface area contributed by atoms with Gasteiger partial charge in [-0.3, -0.25) is 0 Å². The maximum atomic E-state index is 3.47. The Labute approximate surface area is 107 Å². The van der Waals surface area contributed by atoms with Gasteiger partial charge in [-0.05, 0) is 37.2 Å². The SMILES string of the molecule is CC(C)NCCCNCc1cccc(Br)c1. The predicted molar refractivity (Wildman–Crippen MR) is 73.6 cm³/mol. The summed E-state index contributed by atoms with van der Waals surface area (Å²) in [4.78, 5) is 0. The van der Waals surface area contributed by atoms with Gasteiger partial charge in [0.15, 0.2) is 0 Å². The van der Waals surface area contributed by atoms with E-state index in [0.29, 0.717) is 6.04 Å². The lowest BCUT2D eigenvalue weighted by Gasteiger charge is -2.08. The first-order chi connectivity index (χ1) is 7.68. The summed E-state index contributed by atoms with van der Waals surface area (Å²) in [6.45, 7) is 7.44. The zero-order valence-electron chi connectivity index (χ0n) is 10.1. The highest BCUT2D eigenvalue weighted by Gasteiger charge is 1.94. The van der Waals surface area contributed by atoms with Gasteiger partial charge >= 0.3 is 0 Å². The molecule has 0 bridgehead atoms. The zero-order chi connectivity index (χ0) is 11.8. The summed E-state index contributed by atoms with van der Waals surface area (Å²) >= 11 is 3.47. The van der Waals surface area contributed by atoms with Crippen LogP contribution in [0.25, 0.3) is 0 Å². The first-order valence-electron chi connectivity index (χ1n) is 5.87. The lowest BCUT2D eigenvalue weighted by molar-refractivity contribution is 0.547. The largest absolute Gasteiger partial charge is 0.314 e. The fourth-order valence-electron chi connectivity index (χ4n) is 1.48. The van der Waals surface area contributed by atoms with Gasteiger partial charge in [0, 0.05) is 17.1 Å². The summed E-state index contributed by atoms with van der Waals surface area (Å²) in [5.41, 5.74) is 1.33. The molecular formula is C13H21BrN2. The van der Waals surface area contributed by atoms with Crippen molar-refractivity contribution in [3.8, 4) is 0 Å². The van der Waals surface area contributed by atoms with E-state index in [1.54, 1.807) is 0 Å². The van der Waals surface area contributed by atoms with E-state index in [4.69, 9.17) is 0 Å². The molecule has 0 aliphatic heterocycles. The van der Waals surface area contributed by atoms with Gasteiger partial charge in [-0.25, -0.2) is 0 Å². The van der Waals surface area contributed by atoms with Gasteiger partial charge in [-0.15, -0.1) is 0 Å². The molecule has 0 aromatic heterocycles. The smallest absolute Gasteiger partial charge is 0.0205 e. The third-order valence-corrected chi connectivity index (χ3v) is 2.79. The van der Waals surface area contributed by atoms with Crippen molar-refractivity contribution in [2.24, 2.45) is 0 Å². The zero-order valence-corrected chi connectivity index (χ0v) is 11.7. The van der Waals surface area contributed by atoms with Gasteiger partial charge in [0.2, 0.25) is 0 Å². The molecule has 0 aliphatic carbocycles. The fourth-order valence-corrected chi connectivity index (χ4v) is 1.93. The van der Waals surface area contributed by atoms with Crippen molar-refractivity contribution in [1.82, 2.24) is 10.6 Å². The van der Waals surface area contributed by atoms with Crippen molar-refractivity contribution < 1.29 is 0 Å². The lowest BCUT2D eigenvalue weighted by Crippen LogP contribution is -2.26. The van der Waals surface area contributed by atoms with Gasteiger partial charge in [0.25, 0.3) is 0 Å². The molecule has 0 heterocycles. The number of hydrogen-bond donors (Lipinski definition) is 2. The van der Waals surface area contributed by atoms with Crippen LogP contribution in [0.5, 0.6) is 0 Å². The van der Waals surface area contributed by atoms with Crippen LogP contribution in [0.3, 0.4) is 0 Å². The van der Waals surface area contributed by atoms with Crippen LogP contribution >= 0.6 is 15.9 Å². The van der Waals surface area contributed by atoms with Crippen molar-refractivity contribution in [3.63, 3.8) is 0 Å². The quantitative estimate of drug-likeness (QED) is 0.753. The molecule has 1 aromatic carbocycles. The second-order valence-electron chi connectivity index (χ2n) is 4.27. The van der Waals surface area contributed by atoms with Crippen LogP contribution in [0, 0.1) is 0 Å². The molecular weight excluding hydrogens is 264 g/mol. The summed E-state index contributed by atoms with van der Waals surface area (Å²) in [5, 5.41) is 6.85. The van der Waals surface area contributed by atoms with E-state index in [1.807, 2.05) is 0 Å². The normalized spacial score (nSPS) is 11.0. The molecule has 0 unspecified atom stereocenters. The minimum atomic E-state index is 0.588. The van der Waals surface area contributed by atoms with Crippen molar-refractivity contribution in [2.45, 2.75) is 32.9 Å². The maximum Gasteiger partial charge on any atom is 0.0205 e. The van der Waals surface area contributed by atoms with Crippen LogP contribution in [-0.4, -0.2) is 19.1 Å². The van der Waals surface area contributed by atoms with Crippen molar-refractivity contribution in [3.05, 3.63) is 34.3 Å². The summed E-state index contributed by atoms with van der Waals surface area (Å²) in [7, 11) is 0. The molecule has 0 amide bonds. The highest BCUT2D eigenvalue weighted by molar-refractivity contribution is 9.10. The Hall–Kier alpha value is -0.380. The molecule has 2 N–H and O–H groups in total. The maximum absolute atomic E-state index is 3.47. The minimum absolute atomic E-state index is 0.588. The number of hydrogen-bond acceptors (Lipinski definition) is 2. The molecule has 0 fully saturated rings. The summed E-state index contributed by atoms with van der Waals surface area (Å²) < 4.78 is 1.15. The number of halogens is 1. The van der Waals surface area contributed by atoms with E-state index in [9.17, 15) is 0 Å². The first kappa shape index (κ1) is 13.7. The molecule has 0 spiro atoms. The lowest BCUT2D eigenvalue weighted by atomic mass is 10.2. The van der Waals surface area contributed by atoms with Crippen LogP contribution in [0.4, 0.5) is 0 Å². The predicted octanol–water partition coefficient (Wildman–Crippen LogP) is 2.93. The van der Waals surface area contributed by atoms with Crippen LogP contribution in [0.1, 0.15) is 25.8 Å². The third kappa shape index (κ3) is 6.26. The second-order valence-corrected chi connectivity index (χ2v) is 5.18. The van der Waals surface area contributed by atoms with Crippen LogP contribution in [0.2, 0.25) is 0 Å². The molecule has 1 rings (SSSR count). The van der Waals surface area contributed by atoms with Gasteiger partial charge in [-0.1, -0.05) is 41.9 Å². The minimum Gasteiger partial charge on any atom is -0.314 e. The average Bonchev–Trinajstić information content (AvgIpc) is 2.23. The second kappa shape index (κ2) is 7.82. The Kier molecular flexibility index (Phi) is 6.69. The fraction of sp³-hybridized carbons (Fsp3) is 0.538. The van der Waals surface area contributed by atoms with Gasteiger partial charge in [0.1, 0.15) is 0 Å². The molecule has 3 heteroatoms. The van der Waals surface area contributed by atoms with E-state index in [2.05, 4.69) is 64.7 Å². The van der Waals surface area contributed by atoms with E-state index >= 15 is 0 Å². The Balaban J connectivity index is 2.07. The van der Waals surface area contributed by atoms with Crippen molar-refractivity contribution in [1.29, 1.82) is 0 Å². The highest BCUT2D eigenvalue weighted by atomic mass is 79.9. The Morgan fingerprint density at radius 2 is 2.06 bits per heavy atom. The van der Waals surface area contributed by atoms with Gasteiger partial charge in [0.05, 0.1) is 0 Å². The van der Waals surface area contributed by atoms with E-state index in [0.717, 1.165) is 24.1 Å². The molecule has 16 heavy (non-hydrogen) atoms. The summed E-state index contributed by atoms with van der Waals surface area (Å²) in [5.74, 6) is 0. The van der Waals surface area contributed by atoms with Crippen LogP contribution in [-0.2, 0) is 6.54 Å². The average molecular weight is 285 g/mol. The van der Waals surface area contributed by atoms with E-state index in [1.165, 1.54) is 12.0 Å². The van der Waals surface area contributed by atoms with Crippen LogP contribution in [0.15, 0.2) is 28.7 Å². The van der Waals surface area contributed by atoms with Gasteiger partial charge < -0.3 is 10.6 Å². The molecule has 0 radical (unpaired) electrons. The van der Waals surface area contributed by atoms with E-state index < -0.39 is 0 Å². The highest BCUT2D eigenvalue weighted by Crippen LogP contribution is 2.11. The molecule has 90 valence electrons. The molecule has 1 aromatic rings. The monoisotopic (exact) mass is 284 g/mol. The first-order valence-corrected chi connectivity index (χ1v) is 6.66. The molecule has 0 atom stereocenters. The Morgan fingerprint density at radius 1 is 1.25 bits per heavy atom.